The molecule has 0 aliphatic heterocycles. The van der Waals surface area contributed by atoms with Crippen LogP contribution < -0.4 is 0 Å². The van der Waals surface area contributed by atoms with Crippen molar-refractivity contribution in [2.24, 2.45) is 0 Å². The van der Waals surface area contributed by atoms with Crippen molar-refractivity contribution in [1.29, 1.82) is 15.8 Å². The molecular formula is C3AuKN3. The van der Waals surface area contributed by atoms with E-state index in [1.54, 1.807) is 0 Å². The second kappa shape index (κ2) is 513. The number of hydrogen-bond acceptors (Lipinski definition) is 3. The van der Waals surface area contributed by atoms with Crippen molar-refractivity contribution < 1.29 is 22.4 Å². The molecule has 39 valence electrons. The van der Waals surface area contributed by atoms with Gasteiger partial charge in [0.15, 0.2) is 0 Å². The van der Waals surface area contributed by atoms with Crippen molar-refractivity contribution in [1.82, 2.24) is 0 Å². The van der Waals surface area contributed by atoms with Crippen LogP contribution in [0.2, 0.25) is 0 Å². The second-order valence-corrected chi connectivity index (χ2v) is 0. The standard InChI is InChI=1S/3CN.Au.K/c3*1-2;;/q3*-1;+3;. The van der Waals surface area contributed by atoms with Gasteiger partial charge in [-0.05, 0) is 0 Å². The Morgan fingerprint density at radius 3 is 0.625 bits per heavy atom. The van der Waals surface area contributed by atoms with E-state index in [0.717, 1.165) is 0 Å². The Balaban J connectivity index is -0.00000000500. The van der Waals surface area contributed by atoms with Gasteiger partial charge in [0.25, 0.3) is 0 Å². The molecule has 0 N–H and O–H groups in total. The first-order valence-corrected chi connectivity index (χ1v) is 0.671. The third-order valence-corrected chi connectivity index (χ3v) is 0. The van der Waals surface area contributed by atoms with Gasteiger partial charge in [0.05, 0.1) is 0 Å². The second-order valence-electron chi connectivity index (χ2n) is 0. The third kappa shape index (κ3) is 327. The molecule has 0 fully saturated rings. The summed E-state index contributed by atoms with van der Waals surface area (Å²) in [7, 11) is 0. The fourth-order valence-electron chi connectivity index (χ4n) is 0. The van der Waals surface area contributed by atoms with Crippen molar-refractivity contribution in [2.45, 2.75) is 0 Å². The van der Waals surface area contributed by atoms with Crippen LogP contribution in [0.4, 0.5) is 0 Å². The van der Waals surface area contributed by atoms with Gasteiger partial charge in [-0.25, -0.2) is 0 Å². The molecule has 8 heavy (non-hydrogen) atoms. The van der Waals surface area contributed by atoms with E-state index in [9.17, 15) is 0 Å². The molecule has 0 aromatic rings. The molecule has 0 bridgehead atoms. The summed E-state index contributed by atoms with van der Waals surface area (Å²) in [5.41, 5.74) is 0. The van der Waals surface area contributed by atoms with Crippen molar-refractivity contribution in [3.8, 4) is 0 Å². The van der Waals surface area contributed by atoms with E-state index in [-0.39, 0.29) is 73.8 Å². The van der Waals surface area contributed by atoms with Gasteiger partial charge in [-0.3, -0.25) is 0 Å². The van der Waals surface area contributed by atoms with Crippen LogP contribution in [0, 0.1) is 35.5 Å². The zero-order valence-electron chi connectivity index (χ0n) is 4.14. The monoisotopic (exact) mass is 314 g/mol. The van der Waals surface area contributed by atoms with Crippen LogP contribution in [0.25, 0.3) is 0 Å². The zero-order chi connectivity index (χ0) is 6.00. The van der Waals surface area contributed by atoms with E-state index < -0.39 is 0 Å². The third-order valence-electron chi connectivity index (χ3n) is 0. The summed E-state index contributed by atoms with van der Waals surface area (Å²) in [6.45, 7) is 14.2. The van der Waals surface area contributed by atoms with Gasteiger partial charge in [-0.15, -0.1) is 0 Å². The summed E-state index contributed by atoms with van der Waals surface area (Å²) in [6.07, 6.45) is 0. The summed E-state index contributed by atoms with van der Waals surface area (Å²) in [5.74, 6) is 0. The predicted molar refractivity (Wildman–Crippen MR) is 20.7 cm³/mol. The van der Waals surface area contributed by atoms with Crippen molar-refractivity contribution in [3.05, 3.63) is 19.7 Å². The average molecular weight is 314 g/mol. The summed E-state index contributed by atoms with van der Waals surface area (Å²) >= 11 is 0. The quantitative estimate of drug-likeness (QED) is 0.463. The summed E-state index contributed by atoms with van der Waals surface area (Å²) in [6, 6.07) is 0. The van der Waals surface area contributed by atoms with Crippen molar-refractivity contribution in [2.75, 3.05) is 0 Å². The molecule has 5 heteroatoms. The predicted octanol–water partition coefficient (Wildman–Crippen LogP) is -0.0942. The first kappa shape index (κ1) is 36.8. The molecule has 0 aromatic carbocycles. The van der Waals surface area contributed by atoms with Gasteiger partial charge in [0, 0.05) is 51.4 Å². The Kier molecular flexibility index (Phi) is 2360. The largest absolute Gasteiger partial charge is 3.00 e. The molecule has 0 heterocycles. The van der Waals surface area contributed by atoms with Crippen LogP contribution in [-0.4, -0.2) is 51.4 Å². The van der Waals surface area contributed by atoms with E-state index in [1.165, 1.54) is 0 Å². The molecule has 0 saturated heterocycles. The van der Waals surface area contributed by atoms with Crippen LogP contribution in [0.5, 0.6) is 0 Å². The molecule has 3 nitrogen and oxygen atoms in total. The Bertz CT molecular complexity index is 43.0. The molecule has 0 atom stereocenters. The van der Waals surface area contributed by atoms with E-state index in [1.807, 2.05) is 0 Å². The minimum atomic E-state index is 0. The van der Waals surface area contributed by atoms with Crippen molar-refractivity contribution >= 4 is 51.4 Å². The van der Waals surface area contributed by atoms with E-state index in [4.69, 9.17) is 35.5 Å². The number of rotatable bonds is 0. The van der Waals surface area contributed by atoms with Crippen LogP contribution in [-0.2, 0) is 22.4 Å². The maximum absolute atomic E-state index is 6.25. The van der Waals surface area contributed by atoms with Gasteiger partial charge in [-0.2, -0.15) is 0 Å². The Hall–Kier alpha value is 0.847. The number of nitrogens with zero attached hydrogens (tertiary/aromatic N) is 3. The van der Waals surface area contributed by atoms with Gasteiger partial charge in [0.2, 0.25) is 0 Å². The van der Waals surface area contributed by atoms with Crippen LogP contribution in [0.1, 0.15) is 0 Å². The minimum Gasteiger partial charge on any atom is -0.512 e. The summed E-state index contributed by atoms with van der Waals surface area (Å²) in [4.78, 5) is 0. The normalized spacial score (nSPS) is 0.750. The fourth-order valence-corrected chi connectivity index (χ4v) is 0. The first-order valence-electron chi connectivity index (χ1n) is 0.671. The first-order chi connectivity index (χ1) is 3.00. The smallest absolute Gasteiger partial charge is 0.512 e. The molecule has 0 aliphatic rings. The number of hydrogen-bond donors (Lipinski definition) is 0. The molecule has 0 unspecified atom stereocenters. The van der Waals surface area contributed by atoms with Gasteiger partial charge in [0.1, 0.15) is 0 Å². The zero-order valence-corrected chi connectivity index (χ0v) is 9.43. The summed E-state index contributed by atoms with van der Waals surface area (Å²) < 4.78 is 0. The Morgan fingerprint density at radius 2 is 0.625 bits per heavy atom. The van der Waals surface area contributed by atoms with E-state index >= 15 is 0 Å². The van der Waals surface area contributed by atoms with E-state index in [2.05, 4.69) is 0 Å². The molecule has 0 aromatic heterocycles. The maximum Gasteiger partial charge on any atom is 3.00 e. The molecule has 0 aliphatic carbocycles. The van der Waals surface area contributed by atoms with Gasteiger partial charge in [-0.1, -0.05) is 0 Å². The van der Waals surface area contributed by atoms with Crippen LogP contribution in [0.15, 0.2) is 0 Å². The molecule has 0 spiro atoms. The SMILES string of the molecule is [Au+3].[C-]#N.[C-]#N.[C-]#N.[K]. The maximum atomic E-state index is 6.25. The minimum absolute atomic E-state index is 0. The molecule has 0 rings (SSSR count). The Labute approximate surface area is 107 Å². The average Bonchev–Trinajstić information content (AvgIpc) is 1.81. The Morgan fingerprint density at radius 1 is 0.625 bits per heavy atom. The van der Waals surface area contributed by atoms with Crippen molar-refractivity contribution in [3.63, 3.8) is 0 Å². The van der Waals surface area contributed by atoms with Gasteiger partial charge < -0.3 is 35.5 Å². The molecule has 0 saturated carbocycles. The van der Waals surface area contributed by atoms with Crippen LogP contribution in [0.3, 0.4) is 0 Å². The fraction of sp³-hybridized carbons (Fsp3) is 0. The topological polar surface area (TPSA) is 71.4 Å². The van der Waals surface area contributed by atoms with Crippen LogP contribution >= 0.6 is 0 Å². The molecule has 1 radical (unpaired) electrons. The molecule has 0 amide bonds. The van der Waals surface area contributed by atoms with Gasteiger partial charge >= 0.3 is 22.4 Å². The summed E-state index contributed by atoms with van der Waals surface area (Å²) in [5, 5.41) is 18.8. The van der Waals surface area contributed by atoms with E-state index in [0.29, 0.717) is 0 Å². The molecular weight excluding hydrogens is 314 g/mol.